The summed E-state index contributed by atoms with van der Waals surface area (Å²) >= 11 is 5.96. The Hall–Kier alpha value is -3.31. The van der Waals surface area contributed by atoms with Crippen molar-refractivity contribution < 1.29 is 9.53 Å². The van der Waals surface area contributed by atoms with Gasteiger partial charge in [0, 0.05) is 17.1 Å². The third-order valence-electron chi connectivity index (χ3n) is 6.10. The van der Waals surface area contributed by atoms with E-state index in [9.17, 15) is 4.79 Å². The molecule has 0 aliphatic rings. The van der Waals surface area contributed by atoms with Crippen LogP contribution < -0.4 is 10.1 Å². The largest absolute Gasteiger partial charge is 0.493 e. The van der Waals surface area contributed by atoms with E-state index in [-0.39, 0.29) is 11.9 Å². The van der Waals surface area contributed by atoms with E-state index in [1.165, 1.54) is 11.1 Å². The number of hydrogen-bond acceptors (Lipinski definition) is 3. The summed E-state index contributed by atoms with van der Waals surface area (Å²) in [7, 11) is 0. The SMILES string of the molecule is Cc1ccc(C(C)C)c(OCCCn2c(C(C)NC(=O)c3ccc(Cl)cc3)nc3ccccc32)c1. The smallest absolute Gasteiger partial charge is 0.251 e. The molecule has 1 heterocycles. The van der Waals surface area contributed by atoms with Crippen LogP contribution in [0.4, 0.5) is 0 Å². The lowest BCUT2D eigenvalue weighted by Crippen LogP contribution is -2.28. The number of imidazole rings is 1. The lowest BCUT2D eigenvalue weighted by molar-refractivity contribution is 0.0937. The highest BCUT2D eigenvalue weighted by molar-refractivity contribution is 6.30. The van der Waals surface area contributed by atoms with Crippen LogP contribution >= 0.6 is 11.6 Å². The Balaban J connectivity index is 1.48. The fourth-order valence-electron chi connectivity index (χ4n) is 4.25. The standard InChI is InChI=1S/C29H32ClN3O2/c1-19(2)24-15-10-20(3)18-27(24)35-17-7-16-33-26-9-6-5-8-25(26)32-28(33)21(4)31-29(34)22-11-13-23(30)14-12-22/h5-6,8-15,18-19,21H,7,16-17H2,1-4H3,(H,31,34). The zero-order valence-electron chi connectivity index (χ0n) is 20.7. The summed E-state index contributed by atoms with van der Waals surface area (Å²) in [6, 6.07) is 21.1. The minimum Gasteiger partial charge on any atom is -0.493 e. The van der Waals surface area contributed by atoms with Crippen LogP contribution in [0.15, 0.2) is 66.7 Å². The molecule has 0 fully saturated rings. The molecule has 0 spiro atoms. The highest BCUT2D eigenvalue weighted by Crippen LogP contribution is 2.28. The third kappa shape index (κ3) is 5.85. The van der Waals surface area contributed by atoms with E-state index >= 15 is 0 Å². The topological polar surface area (TPSA) is 56.1 Å². The van der Waals surface area contributed by atoms with E-state index in [4.69, 9.17) is 21.3 Å². The fraction of sp³-hybridized carbons (Fsp3) is 0.310. The Morgan fingerprint density at radius 1 is 1.06 bits per heavy atom. The number of para-hydroxylation sites is 2. The van der Waals surface area contributed by atoms with Gasteiger partial charge in [-0.1, -0.05) is 49.7 Å². The predicted molar refractivity (Wildman–Crippen MR) is 142 cm³/mol. The van der Waals surface area contributed by atoms with Gasteiger partial charge in [0.1, 0.15) is 11.6 Å². The average Bonchev–Trinajstić information content (AvgIpc) is 3.21. The quantitative estimate of drug-likeness (QED) is 0.255. The molecule has 1 aromatic heterocycles. The molecule has 182 valence electrons. The first-order chi connectivity index (χ1) is 16.8. The molecule has 5 nitrogen and oxygen atoms in total. The first-order valence-electron chi connectivity index (χ1n) is 12.1. The number of halogens is 1. The number of ether oxygens (including phenoxy) is 1. The van der Waals surface area contributed by atoms with E-state index in [2.05, 4.69) is 54.9 Å². The van der Waals surface area contributed by atoms with Gasteiger partial charge >= 0.3 is 0 Å². The molecule has 0 aliphatic heterocycles. The summed E-state index contributed by atoms with van der Waals surface area (Å²) in [6.07, 6.45) is 0.816. The molecule has 1 amide bonds. The van der Waals surface area contributed by atoms with Crippen LogP contribution in [0.25, 0.3) is 11.0 Å². The minimum absolute atomic E-state index is 0.156. The van der Waals surface area contributed by atoms with Crippen LogP contribution in [-0.4, -0.2) is 22.1 Å². The van der Waals surface area contributed by atoms with E-state index < -0.39 is 0 Å². The predicted octanol–water partition coefficient (Wildman–Crippen LogP) is 7.08. The number of carbonyl (C=O) groups is 1. The molecular formula is C29H32ClN3O2. The zero-order valence-corrected chi connectivity index (χ0v) is 21.5. The third-order valence-corrected chi connectivity index (χ3v) is 6.35. The molecule has 0 bridgehead atoms. The van der Waals surface area contributed by atoms with E-state index in [0.717, 1.165) is 35.6 Å². The van der Waals surface area contributed by atoms with Crippen molar-refractivity contribution in [1.82, 2.24) is 14.9 Å². The van der Waals surface area contributed by atoms with Gasteiger partial charge in [0.2, 0.25) is 0 Å². The maximum Gasteiger partial charge on any atom is 0.251 e. The van der Waals surface area contributed by atoms with E-state index in [0.29, 0.717) is 23.1 Å². The van der Waals surface area contributed by atoms with Gasteiger partial charge in [0.25, 0.3) is 5.91 Å². The second-order valence-corrected chi connectivity index (χ2v) is 9.65. The molecule has 1 atom stereocenters. The highest BCUT2D eigenvalue weighted by Gasteiger charge is 2.19. The number of hydrogen-bond donors (Lipinski definition) is 1. The number of carbonyl (C=O) groups excluding carboxylic acids is 1. The maximum absolute atomic E-state index is 12.8. The number of amides is 1. The molecule has 0 saturated carbocycles. The molecule has 0 radical (unpaired) electrons. The Labute approximate surface area is 212 Å². The summed E-state index contributed by atoms with van der Waals surface area (Å²) < 4.78 is 8.39. The summed E-state index contributed by atoms with van der Waals surface area (Å²) in [4.78, 5) is 17.6. The number of nitrogens with one attached hydrogen (secondary N) is 1. The molecule has 1 N–H and O–H groups in total. The maximum atomic E-state index is 12.8. The van der Waals surface area contributed by atoms with Gasteiger partial charge in [0.05, 0.1) is 23.7 Å². The summed E-state index contributed by atoms with van der Waals surface area (Å²) in [5.74, 6) is 2.03. The van der Waals surface area contributed by atoms with Crippen molar-refractivity contribution in [2.75, 3.05) is 6.61 Å². The Bertz CT molecular complexity index is 1310. The second kappa shape index (κ2) is 11.0. The van der Waals surface area contributed by atoms with Crippen molar-refractivity contribution in [3.63, 3.8) is 0 Å². The van der Waals surface area contributed by atoms with Gasteiger partial charge in [-0.2, -0.15) is 0 Å². The van der Waals surface area contributed by atoms with Gasteiger partial charge in [-0.25, -0.2) is 4.98 Å². The molecule has 35 heavy (non-hydrogen) atoms. The highest BCUT2D eigenvalue weighted by atomic mass is 35.5. The van der Waals surface area contributed by atoms with Gasteiger partial charge in [-0.15, -0.1) is 0 Å². The van der Waals surface area contributed by atoms with Crippen LogP contribution in [-0.2, 0) is 6.54 Å². The molecule has 1 unspecified atom stereocenters. The zero-order chi connectivity index (χ0) is 24.9. The lowest BCUT2D eigenvalue weighted by Gasteiger charge is -2.18. The Morgan fingerprint density at radius 2 is 1.80 bits per heavy atom. The van der Waals surface area contributed by atoms with Crippen molar-refractivity contribution in [1.29, 1.82) is 0 Å². The normalized spacial score (nSPS) is 12.2. The monoisotopic (exact) mass is 489 g/mol. The van der Waals surface area contributed by atoms with E-state index in [1.54, 1.807) is 24.3 Å². The van der Waals surface area contributed by atoms with Crippen molar-refractivity contribution in [2.45, 2.75) is 52.6 Å². The molecular weight excluding hydrogens is 458 g/mol. The van der Waals surface area contributed by atoms with E-state index in [1.807, 2.05) is 25.1 Å². The van der Waals surface area contributed by atoms with Crippen LogP contribution in [0, 0.1) is 6.92 Å². The minimum atomic E-state index is -0.268. The fourth-order valence-corrected chi connectivity index (χ4v) is 4.38. The van der Waals surface area contributed by atoms with Crippen molar-refractivity contribution in [3.05, 3.63) is 94.3 Å². The van der Waals surface area contributed by atoms with Gasteiger partial charge < -0.3 is 14.6 Å². The second-order valence-electron chi connectivity index (χ2n) is 9.21. The number of nitrogens with zero attached hydrogens (tertiary/aromatic N) is 2. The Morgan fingerprint density at radius 3 is 2.54 bits per heavy atom. The average molecular weight is 490 g/mol. The number of aryl methyl sites for hydroxylation is 2. The number of fused-ring (bicyclic) bond motifs is 1. The van der Waals surface area contributed by atoms with Crippen LogP contribution in [0.5, 0.6) is 5.75 Å². The van der Waals surface area contributed by atoms with Gasteiger partial charge in [-0.05, 0) is 79.8 Å². The Kier molecular flexibility index (Phi) is 7.76. The molecule has 4 rings (SSSR count). The molecule has 6 heteroatoms. The molecule has 3 aromatic carbocycles. The first-order valence-corrected chi connectivity index (χ1v) is 12.5. The lowest BCUT2D eigenvalue weighted by atomic mass is 10.0. The number of benzene rings is 3. The van der Waals surface area contributed by atoms with Crippen LogP contribution in [0.1, 0.15) is 66.5 Å². The number of aromatic nitrogens is 2. The summed E-state index contributed by atoms with van der Waals surface area (Å²) in [5, 5.41) is 3.68. The number of rotatable bonds is 9. The van der Waals surface area contributed by atoms with Gasteiger partial charge in [-0.3, -0.25) is 4.79 Å². The summed E-state index contributed by atoms with van der Waals surface area (Å²) in [6.45, 7) is 9.74. The van der Waals surface area contributed by atoms with Crippen molar-refractivity contribution in [3.8, 4) is 5.75 Å². The summed E-state index contributed by atoms with van der Waals surface area (Å²) in [5.41, 5.74) is 4.95. The van der Waals surface area contributed by atoms with Crippen molar-refractivity contribution >= 4 is 28.5 Å². The molecule has 0 aliphatic carbocycles. The van der Waals surface area contributed by atoms with Gasteiger partial charge in [0.15, 0.2) is 0 Å². The molecule has 4 aromatic rings. The molecule has 0 saturated heterocycles. The van der Waals surface area contributed by atoms with Crippen molar-refractivity contribution in [2.24, 2.45) is 0 Å². The van der Waals surface area contributed by atoms with Crippen LogP contribution in [0.2, 0.25) is 5.02 Å². The first kappa shape index (κ1) is 24.8. The van der Waals surface area contributed by atoms with Crippen LogP contribution in [0.3, 0.4) is 0 Å².